The van der Waals surface area contributed by atoms with E-state index in [1.54, 1.807) is 19.3 Å². The van der Waals surface area contributed by atoms with E-state index >= 15 is 0 Å². The van der Waals surface area contributed by atoms with Crippen molar-refractivity contribution in [2.24, 2.45) is 10.1 Å². The van der Waals surface area contributed by atoms with Crippen molar-refractivity contribution in [2.75, 3.05) is 13.6 Å². The van der Waals surface area contributed by atoms with Gasteiger partial charge in [0.05, 0.1) is 17.1 Å². The van der Waals surface area contributed by atoms with Crippen LogP contribution < -0.4 is 10.7 Å². The van der Waals surface area contributed by atoms with Gasteiger partial charge in [-0.25, -0.2) is 0 Å². The van der Waals surface area contributed by atoms with E-state index in [0.29, 0.717) is 10.7 Å². The van der Waals surface area contributed by atoms with Gasteiger partial charge < -0.3 is 5.32 Å². The Morgan fingerprint density at radius 2 is 2.38 bits per heavy atom. The molecule has 1 saturated heterocycles. The van der Waals surface area contributed by atoms with Crippen molar-refractivity contribution in [3.8, 4) is 0 Å². The summed E-state index contributed by atoms with van der Waals surface area (Å²) >= 11 is 5.28. The first-order valence-corrected chi connectivity index (χ1v) is 6.99. The van der Waals surface area contributed by atoms with Gasteiger partial charge in [-0.2, -0.15) is 5.10 Å². The van der Waals surface area contributed by atoms with Crippen LogP contribution in [0.4, 0.5) is 0 Å². The van der Waals surface area contributed by atoms with E-state index in [2.05, 4.69) is 32.4 Å². The van der Waals surface area contributed by atoms with Gasteiger partial charge in [0, 0.05) is 26.2 Å². The van der Waals surface area contributed by atoms with Gasteiger partial charge in [0.1, 0.15) is 10.7 Å². The first kappa shape index (κ1) is 15.1. The Hall–Kier alpha value is -2.34. The Morgan fingerprint density at radius 3 is 3.05 bits per heavy atom. The summed E-state index contributed by atoms with van der Waals surface area (Å²) in [5.41, 5.74) is 6.19. The number of aromatic nitrogens is 1. The zero-order chi connectivity index (χ0) is 15.1. The van der Waals surface area contributed by atoms with Crippen molar-refractivity contribution < 1.29 is 0 Å². The molecule has 1 aliphatic rings. The molecule has 2 heterocycles. The van der Waals surface area contributed by atoms with Crippen LogP contribution in [0, 0.1) is 0 Å². The van der Waals surface area contributed by atoms with Gasteiger partial charge >= 0.3 is 0 Å². The summed E-state index contributed by atoms with van der Waals surface area (Å²) in [6.45, 7) is 4.51. The molecule has 0 saturated carbocycles. The number of nitrogens with zero attached hydrogens (tertiary/aromatic N) is 3. The molecule has 5 nitrogen and oxygen atoms in total. The Balaban J connectivity index is 2.15. The molecule has 0 bridgehead atoms. The number of pyridine rings is 1. The minimum absolute atomic E-state index is 0.492. The van der Waals surface area contributed by atoms with Crippen molar-refractivity contribution in [1.82, 2.24) is 15.7 Å². The van der Waals surface area contributed by atoms with E-state index in [4.69, 9.17) is 12.2 Å². The summed E-state index contributed by atoms with van der Waals surface area (Å²) in [4.78, 5) is 8.97. The number of hydrogen-bond acceptors (Lipinski definition) is 5. The highest BCUT2D eigenvalue weighted by atomic mass is 32.1. The highest BCUT2D eigenvalue weighted by molar-refractivity contribution is 7.80. The molecule has 0 aromatic carbocycles. The molecule has 0 spiro atoms. The smallest absolute Gasteiger partial charge is 0.145 e. The number of nitrogens with one attached hydrogen (secondary N) is 2. The lowest BCUT2D eigenvalue weighted by molar-refractivity contribution is 0.826. The molecular weight excluding hydrogens is 282 g/mol. The minimum atomic E-state index is 0.492. The number of hydrazone groups is 1. The van der Waals surface area contributed by atoms with Gasteiger partial charge in [-0.05, 0) is 18.2 Å². The number of thiocarbonyl (C=S) groups is 1. The van der Waals surface area contributed by atoms with Crippen molar-refractivity contribution in [3.05, 3.63) is 54.5 Å². The topological polar surface area (TPSA) is 61.7 Å². The van der Waals surface area contributed by atoms with Crippen LogP contribution in [0.3, 0.4) is 0 Å². The summed E-state index contributed by atoms with van der Waals surface area (Å²) in [5, 5.41) is 7.66. The van der Waals surface area contributed by atoms with E-state index in [9.17, 15) is 0 Å². The average molecular weight is 299 g/mol. The summed E-state index contributed by atoms with van der Waals surface area (Å²) < 4.78 is 0. The molecule has 0 radical (unpaired) electrons. The Bertz CT molecular complexity index is 616. The van der Waals surface area contributed by atoms with Crippen LogP contribution >= 0.6 is 12.2 Å². The van der Waals surface area contributed by atoms with Crippen molar-refractivity contribution >= 4 is 28.6 Å². The molecule has 0 amide bonds. The van der Waals surface area contributed by atoms with Gasteiger partial charge in [-0.3, -0.25) is 15.4 Å². The quantitative estimate of drug-likeness (QED) is 0.660. The number of piperidine rings is 1. The molecule has 0 unspecified atom stereocenters. The number of aliphatic imine (C=N–C) groups is 1. The Kier molecular flexibility index (Phi) is 5.34. The second-order valence-corrected chi connectivity index (χ2v) is 4.69. The number of hydrogen-bond donors (Lipinski definition) is 2. The largest absolute Gasteiger partial charge is 0.383 e. The van der Waals surface area contributed by atoms with Crippen LogP contribution in [0.1, 0.15) is 12.1 Å². The predicted octanol–water partition coefficient (Wildman–Crippen LogP) is 1.84. The fourth-order valence-electron chi connectivity index (χ4n) is 1.96. The average Bonchev–Trinajstić information content (AvgIpc) is 2.54. The molecule has 21 heavy (non-hydrogen) atoms. The highest BCUT2D eigenvalue weighted by Crippen LogP contribution is 2.07. The lowest BCUT2D eigenvalue weighted by atomic mass is 10.0. The molecule has 1 fully saturated rings. The van der Waals surface area contributed by atoms with E-state index < -0.39 is 0 Å². The van der Waals surface area contributed by atoms with E-state index in [1.165, 1.54) is 0 Å². The summed E-state index contributed by atoms with van der Waals surface area (Å²) in [5.74, 6) is 0. The maximum atomic E-state index is 5.28. The van der Waals surface area contributed by atoms with Gasteiger partial charge in [0.15, 0.2) is 0 Å². The third-order valence-electron chi connectivity index (χ3n) is 2.90. The monoisotopic (exact) mass is 299 g/mol. The van der Waals surface area contributed by atoms with Crippen molar-refractivity contribution in [1.29, 1.82) is 0 Å². The third kappa shape index (κ3) is 3.82. The molecule has 108 valence electrons. The SMILES string of the molecule is C=C/C=C1/NCC/C(=N/NC(=S)c2ccccn2)C1=NC. The molecule has 1 aromatic heterocycles. The highest BCUT2D eigenvalue weighted by Gasteiger charge is 2.18. The standard InChI is InChI=1S/C15H17N5S/c1-3-6-11-14(16-2)12(8-10-18-11)19-20-15(21)13-7-4-5-9-17-13/h3-7,9,18H,1,8,10H2,2H3,(H,20,21)/b11-6+,16-14?,19-12-. The van der Waals surface area contributed by atoms with Crippen LogP contribution in [-0.2, 0) is 0 Å². The Labute approximate surface area is 129 Å². The normalized spacial score (nSPS) is 20.3. The first-order chi connectivity index (χ1) is 10.3. The maximum Gasteiger partial charge on any atom is 0.145 e. The van der Waals surface area contributed by atoms with Crippen LogP contribution in [0.2, 0.25) is 0 Å². The Morgan fingerprint density at radius 1 is 1.52 bits per heavy atom. The third-order valence-corrected chi connectivity index (χ3v) is 3.20. The molecular formula is C15H17N5S. The zero-order valence-corrected chi connectivity index (χ0v) is 12.7. The molecule has 0 aliphatic carbocycles. The number of rotatable bonds is 3. The van der Waals surface area contributed by atoms with Gasteiger partial charge in [-0.1, -0.05) is 30.9 Å². The second-order valence-electron chi connectivity index (χ2n) is 4.28. The van der Waals surface area contributed by atoms with E-state index in [0.717, 1.165) is 30.1 Å². The number of allylic oxidation sites excluding steroid dienone is 3. The van der Waals surface area contributed by atoms with Crippen molar-refractivity contribution in [2.45, 2.75) is 6.42 Å². The summed E-state index contributed by atoms with van der Waals surface area (Å²) in [6.07, 6.45) is 6.08. The summed E-state index contributed by atoms with van der Waals surface area (Å²) in [6, 6.07) is 5.58. The van der Waals surface area contributed by atoms with Crippen LogP contribution in [0.5, 0.6) is 0 Å². The summed E-state index contributed by atoms with van der Waals surface area (Å²) in [7, 11) is 1.74. The van der Waals surface area contributed by atoms with Crippen LogP contribution in [0.25, 0.3) is 0 Å². The predicted molar refractivity (Wildman–Crippen MR) is 90.8 cm³/mol. The maximum absolute atomic E-state index is 5.28. The van der Waals surface area contributed by atoms with E-state index in [-0.39, 0.29) is 0 Å². The molecule has 1 aromatic rings. The fourth-order valence-corrected chi connectivity index (χ4v) is 2.13. The van der Waals surface area contributed by atoms with Gasteiger partial charge in [0.2, 0.25) is 0 Å². The van der Waals surface area contributed by atoms with Crippen LogP contribution in [0.15, 0.2) is 58.9 Å². The van der Waals surface area contributed by atoms with Gasteiger partial charge in [0.25, 0.3) is 0 Å². The zero-order valence-electron chi connectivity index (χ0n) is 11.8. The molecule has 2 rings (SSSR count). The van der Waals surface area contributed by atoms with E-state index in [1.807, 2.05) is 24.3 Å². The minimum Gasteiger partial charge on any atom is -0.383 e. The van der Waals surface area contributed by atoms with Gasteiger partial charge in [-0.15, -0.1) is 0 Å². The molecule has 2 N–H and O–H groups in total. The van der Waals surface area contributed by atoms with Crippen LogP contribution in [-0.4, -0.2) is 35.0 Å². The first-order valence-electron chi connectivity index (χ1n) is 6.58. The fraction of sp³-hybridized carbons (Fsp3) is 0.200. The lowest BCUT2D eigenvalue weighted by Gasteiger charge is -2.20. The molecule has 0 atom stereocenters. The lowest BCUT2D eigenvalue weighted by Crippen LogP contribution is -2.37. The molecule has 6 heteroatoms. The van der Waals surface area contributed by atoms with Crippen molar-refractivity contribution in [3.63, 3.8) is 0 Å². The second kappa shape index (κ2) is 7.44. The molecule has 1 aliphatic heterocycles.